The van der Waals surface area contributed by atoms with Crippen molar-refractivity contribution in [2.75, 3.05) is 32.5 Å². The molecule has 2 heterocycles. The lowest BCUT2D eigenvalue weighted by molar-refractivity contribution is 0.302. The number of nitrogens with zero attached hydrogens (tertiary/aromatic N) is 4. The number of hydrogen-bond acceptors (Lipinski definition) is 6. The third-order valence-corrected chi connectivity index (χ3v) is 6.48. The van der Waals surface area contributed by atoms with Crippen LogP contribution in [-0.4, -0.2) is 60.8 Å². The summed E-state index contributed by atoms with van der Waals surface area (Å²) in [5.41, 5.74) is 0.441. The number of halogens is 1. The van der Waals surface area contributed by atoms with Gasteiger partial charge in [-0.3, -0.25) is 0 Å². The van der Waals surface area contributed by atoms with Crippen LogP contribution in [0.15, 0.2) is 41.7 Å². The minimum Gasteiger partial charge on any atom is -0.338 e. The van der Waals surface area contributed by atoms with Gasteiger partial charge in [0.2, 0.25) is 10.0 Å². The van der Waals surface area contributed by atoms with Crippen molar-refractivity contribution in [3.63, 3.8) is 0 Å². The van der Waals surface area contributed by atoms with E-state index in [0.29, 0.717) is 29.6 Å². The Hall–Kier alpha value is -1.74. The Morgan fingerprint density at radius 2 is 2.08 bits per heavy atom. The van der Waals surface area contributed by atoms with Crippen molar-refractivity contribution >= 4 is 33.1 Å². The fourth-order valence-electron chi connectivity index (χ4n) is 2.82. The molecule has 1 fully saturated rings. The zero-order valence-corrected chi connectivity index (χ0v) is 15.6. The van der Waals surface area contributed by atoms with Crippen LogP contribution in [0.1, 0.15) is 6.42 Å². The number of hydrogen-bond donors (Lipinski definition) is 1. The maximum Gasteiger partial charge on any atom is 0.245 e. The van der Waals surface area contributed by atoms with Gasteiger partial charge >= 0.3 is 0 Å². The van der Waals surface area contributed by atoms with E-state index in [-0.39, 0.29) is 10.9 Å². The standard InChI is InChI=1S/C16H20ClN5O2S/c1-21(2)12-7-8-22(10-12)25(23,24)15-6-4-3-5-14(15)20-16-13(17)9-18-11-19-16/h3-6,9,11-12H,7-8,10H2,1-2H3,(H,18,19,20)/t12-/m1/s1. The van der Waals surface area contributed by atoms with Gasteiger partial charge in [-0.1, -0.05) is 23.7 Å². The number of aromatic nitrogens is 2. The summed E-state index contributed by atoms with van der Waals surface area (Å²) in [7, 11) is 0.320. The van der Waals surface area contributed by atoms with Crippen molar-refractivity contribution in [2.24, 2.45) is 0 Å². The molecule has 1 atom stereocenters. The molecule has 9 heteroatoms. The van der Waals surface area contributed by atoms with Gasteiger partial charge in [-0.25, -0.2) is 18.4 Å². The number of benzene rings is 1. The zero-order valence-electron chi connectivity index (χ0n) is 14.1. The number of nitrogens with one attached hydrogen (secondary N) is 1. The molecule has 134 valence electrons. The third kappa shape index (κ3) is 3.77. The lowest BCUT2D eigenvalue weighted by Crippen LogP contribution is -2.34. The van der Waals surface area contributed by atoms with E-state index >= 15 is 0 Å². The summed E-state index contributed by atoms with van der Waals surface area (Å²) in [4.78, 5) is 10.2. The van der Waals surface area contributed by atoms with E-state index in [1.807, 2.05) is 14.1 Å². The molecule has 0 aliphatic carbocycles. The highest BCUT2D eigenvalue weighted by atomic mass is 35.5. The van der Waals surface area contributed by atoms with E-state index < -0.39 is 10.0 Å². The van der Waals surface area contributed by atoms with Crippen LogP contribution in [0.2, 0.25) is 5.02 Å². The monoisotopic (exact) mass is 381 g/mol. The maximum atomic E-state index is 13.1. The molecule has 1 aromatic heterocycles. The van der Waals surface area contributed by atoms with Crippen molar-refractivity contribution in [2.45, 2.75) is 17.4 Å². The molecular formula is C16H20ClN5O2S. The molecule has 1 aromatic carbocycles. The third-order valence-electron chi connectivity index (χ3n) is 4.28. The highest BCUT2D eigenvalue weighted by Crippen LogP contribution is 2.31. The smallest absolute Gasteiger partial charge is 0.245 e. The van der Waals surface area contributed by atoms with Gasteiger partial charge in [0.15, 0.2) is 5.82 Å². The molecule has 1 aliphatic rings. The Kier molecular flexibility index (Phi) is 5.24. The summed E-state index contributed by atoms with van der Waals surface area (Å²) >= 11 is 6.07. The van der Waals surface area contributed by atoms with Crippen LogP contribution in [0.4, 0.5) is 11.5 Å². The van der Waals surface area contributed by atoms with Gasteiger partial charge in [0.1, 0.15) is 16.2 Å². The molecule has 7 nitrogen and oxygen atoms in total. The lowest BCUT2D eigenvalue weighted by atomic mass is 10.2. The lowest BCUT2D eigenvalue weighted by Gasteiger charge is -2.21. The molecule has 0 spiro atoms. The molecule has 0 saturated carbocycles. The molecule has 2 aromatic rings. The van der Waals surface area contributed by atoms with Gasteiger partial charge in [0, 0.05) is 19.1 Å². The summed E-state index contributed by atoms with van der Waals surface area (Å²) in [6.45, 7) is 0.992. The van der Waals surface area contributed by atoms with Gasteiger partial charge in [0.05, 0.1) is 11.9 Å². The maximum absolute atomic E-state index is 13.1. The number of rotatable bonds is 5. The number of likely N-dealkylation sites (N-methyl/N-ethyl adjacent to an activating group) is 1. The summed E-state index contributed by atoms with van der Waals surface area (Å²) in [5, 5.41) is 3.33. The number of sulfonamides is 1. The topological polar surface area (TPSA) is 78.4 Å². The van der Waals surface area contributed by atoms with Crippen LogP contribution < -0.4 is 5.32 Å². The Morgan fingerprint density at radius 1 is 1.32 bits per heavy atom. The molecule has 1 N–H and O–H groups in total. The van der Waals surface area contributed by atoms with Crippen LogP contribution in [0.5, 0.6) is 0 Å². The van der Waals surface area contributed by atoms with Gasteiger partial charge in [-0.05, 0) is 32.6 Å². The van der Waals surface area contributed by atoms with E-state index in [0.717, 1.165) is 6.42 Å². The van der Waals surface area contributed by atoms with E-state index in [4.69, 9.17) is 11.6 Å². The normalized spacial score (nSPS) is 18.6. The predicted molar refractivity (Wildman–Crippen MR) is 97.6 cm³/mol. The van der Waals surface area contributed by atoms with Crippen LogP contribution in [0, 0.1) is 0 Å². The molecule has 0 unspecified atom stereocenters. The van der Waals surface area contributed by atoms with Crippen molar-refractivity contribution in [1.29, 1.82) is 0 Å². The van der Waals surface area contributed by atoms with Gasteiger partial charge < -0.3 is 10.2 Å². The van der Waals surface area contributed by atoms with Crippen LogP contribution in [0.3, 0.4) is 0 Å². The van der Waals surface area contributed by atoms with Crippen LogP contribution >= 0.6 is 11.6 Å². The number of anilines is 2. The Labute approximate surface area is 152 Å². The molecule has 0 bridgehead atoms. The first-order chi connectivity index (χ1) is 11.9. The van der Waals surface area contributed by atoms with Gasteiger partial charge in [-0.2, -0.15) is 4.31 Å². The minimum absolute atomic E-state index is 0.212. The molecule has 3 rings (SSSR count). The Bertz CT molecular complexity index is 859. The largest absolute Gasteiger partial charge is 0.338 e. The van der Waals surface area contributed by atoms with Crippen molar-refractivity contribution in [3.05, 3.63) is 41.8 Å². The highest BCUT2D eigenvalue weighted by molar-refractivity contribution is 7.89. The molecular weight excluding hydrogens is 362 g/mol. The average molecular weight is 382 g/mol. The second-order valence-electron chi connectivity index (χ2n) is 6.11. The predicted octanol–water partition coefficient (Wildman–Crippen LogP) is 2.20. The van der Waals surface area contributed by atoms with E-state index in [1.165, 1.54) is 16.8 Å². The average Bonchev–Trinajstić information content (AvgIpc) is 3.08. The highest BCUT2D eigenvalue weighted by Gasteiger charge is 2.34. The summed E-state index contributed by atoms with van der Waals surface area (Å²) < 4.78 is 27.7. The Morgan fingerprint density at radius 3 is 2.76 bits per heavy atom. The SMILES string of the molecule is CN(C)[C@@H]1CCN(S(=O)(=O)c2ccccc2Nc2ncncc2Cl)C1. The Balaban J connectivity index is 1.91. The molecule has 25 heavy (non-hydrogen) atoms. The number of para-hydroxylation sites is 1. The fourth-order valence-corrected chi connectivity index (χ4v) is 4.61. The van der Waals surface area contributed by atoms with Crippen molar-refractivity contribution < 1.29 is 8.42 Å². The molecule has 1 aliphatic heterocycles. The minimum atomic E-state index is -3.61. The molecule has 0 amide bonds. The van der Waals surface area contributed by atoms with Crippen LogP contribution in [0.25, 0.3) is 0 Å². The summed E-state index contributed by atoms with van der Waals surface area (Å²) in [5.74, 6) is 0.368. The second-order valence-corrected chi connectivity index (χ2v) is 8.42. The van der Waals surface area contributed by atoms with Crippen molar-refractivity contribution in [3.8, 4) is 0 Å². The molecule has 0 radical (unpaired) electrons. The first-order valence-electron chi connectivity index (χ1n) is 7.87. The first-order valence-corrected chi connectivity index (χ1v) is 9.69. The second kappa shape index (κ2) is 7.25. The summed E-state index contributed by atoms with van der Waals surface area (Å²) in [6.07, 6.45) is 3.63. The molecule has 1 saturated heterocycles. The van der Waals surface area contributed by atoms with Gasteiger partial charge in [-0.15, -0.1) is 0 Å². The van der Waals surface area contributed by atoms with Crippen LogP contribution in [-0.2, 0) is 10.0 Å². The first kappa shape index (κ1) is 18.1. The fraction of sp³-hybridized carbons (Fsp3) is 0.375. The van der Waals surface area contributed by atoms with E-state index in [9.17, 15) is 8.42 Å². The van der Waals surface area contributed by atoms with Crippen molar-refractivity contribution in [1.82, 2.24) is 19.2 Å². The van der Waals surface area contributed by atoms with E-state index in [2.05, 4.69) is 20.2 Å². The quantitative estimate of drug-likeness (QED) is 0.855. The summed E-state index contributed by atoms with van der Waals surface area (Å²) in [6, 6.07) is 6.99. The van der Waals surface area contributed by atoms with Gasteiger partial charge in [0.25, 0.3) is 0 Å². The van der Waals surface area contributed by atoms with E-state index in [1.54, 1.807) is 24.3 Å². The zero-order chi connectivity index (χ0) is 18.0.